The van der Waals surface area contributed by atoms with E-state index in [1.807, 2.05) is 36.5 Å². The van der Waals surface area contributed by atoms with Gasteiger partial charge in [0.05, 0.1) is 13.2 Å². The molecule has 0 unspecified atom stereocenters. The van der Waals surface area contributed by atoms with Crippen molar-refractivity contribution in [1.82, 2.24) is 4.98 Å². The van der Waals surface area contributed by atoms with Crippen LogP contribution in [-0.2, 0) is 44.2 Å². The third-order valence-corrected chi connectivity index (χ3v) is 11.4. The number of fused-ring (bicyclic) bond motifs is 3. The maximum atomic E-state index is 12.8. The van der Waals surface area contributed by atoms with Gasteiger partial charge in [-0.25, -0.2) is 8.98 Å². The number of hydrogen-bond acceptors (Lipinski definition) is 7. The van der Waals surface area contributed by atoms with Crippen LogP contribution in [0.3, 0.4) is 0 Å². The van der Waals surface area contributed by atoms with Crippen molar-refractivity contribution in [3.8, 4) is 5.75 Å². The average molecular weight is 683 g/mol. The van der Waals surface area contributed by atoms with E-state index in [1.165, 1.54) is 11.1 Å². The van der Waals surface area contributed by atoms with E-state index in [9.17, 15) is 22.9 Å². The maximum Gasteiger partial charge on any atom is 0.397 e. The minimum absolute atomic E-state index is 0.229. The Morgan fingerprint density at radius 2 is 1.94 bits per heavy atom. The molecule has 1 heterocycles. The number of carboxylic acids is 1. The van der Waals surface area contributed by atoms with Gasteiger partial charge in [-0.2, -0.15) is 8.42 Å². The predicted molar refractivity (Wildman–Crippen MR) is 180 cm³/mol. The molecule has 11 heteroatoms. The zero-order chi connectivity index (χ0) is 33.4. The summed E-state index contributed by atoms with van der Waals surface area (Å²) in [6.45, 7) is 4.74. The molecule has 0 saturated heterocycles. The van der Waals surface area contributed by atoms with Crippen LogP contribution in [0.4, 0.5) is 5.69 Å². The summed E-state index contributed by atoms with van der Waals surface area (Å²) in [5.41, 5.74) is 4.52. The summed E-state index contributed by atoms with van der Waals surface area (Å²) in [6, 6.07) is 15.0. The number of aromatic nitrogens is 1. The monoisotopic (exact) mass is 682 g/mol. The SMILES string of the molecule is C[C@@H](COc1ccnc2c1[C@H](C)CCC2)C[C@H]1Cc2ccc(COS(=O)(=O)O)cc2C12CCC(Nc1cccc(Cl)c1)(C(=O)O)CC2. The van der Waals surface area contributed by atoms with Gasteiger partial charge in [0, 0.05) is 28.2 Å². The molecule has 0 bridgehead atoms. The van der Waals surface area contributed by atoms with Crippen molar-refractivity contribution >= 4 is 33.7 Å². The minimum atomic E-state index is -4.59. The number of anilines is 1. The van der Waals surface area contributed by atoms with Gasteiger partial charge in [0.1, 0.15) is 11.3 Å². The fourth-order valence-corrected chi connectivity index (χ4v) is 8.85. The van der Waals surface area contributed by atoms with Crippen molar-refractivity contribution in [3.63, 3.8) is 0 Å². The lowest BCUT2D eigenvalue weighted by Gasteiger charge is -2.47. The number of nitrogens with one attached hydrogen (secondary N) is 1. The molecule has 3 aliphatic rings. The summed E-state index contributed by atoms with van der Waals surface area (Å²) in [6.07, 6.45) is 8.91. The molecule has 9 nitrogen and oxygen atoms in total. The first-order valence-electron chi connectivity index (χ1n) is 16.5. The Balaban J connectivity index is 1.25. The second-order valence-electron chi connectivity index (χ2n) is 13.9. The van der Waals surface area contributed by atoms with Crippen LogP contribution >= 0.6 is 11.6 Å². The van der Waals surface area contributed by atoms with Crippen molar-refractivity contribution in [2.24, 2.45) is 11.8 Å². The first kappa shape index (κ1) is 33.7. The summed E-state index contributed by atoms with van der Waals surface area (Å²) in [5, 5.41) is 14.4. The quantitative estimate of drug-likeness (QED) is 0.176. The maximum absolute atomic E-state index is 12.8. The number of carbonyl (C=O) groups is 1. The lowest BCUT2D eigenvalue weighted by atomic mass is 9.59. The first-order valence-corrected chi connectivity index (χ1v) is 18.2. The number of pyridine rings is 1. The Kier molecular flexibility index (Phi) is 9.60. The second kappa shape index (κ2) is 13.4. The third-order valence-electron chi connectivity index (χ3n) is 10.7. The van der Waals surface area contributed by atoms with Crippen molar-refractivity contribution < 1.29 is 31.8 Å². The van der Waals surface area contributed by atoms with E-state index in [1.54, 1.807) is 18.2 Å². The van der Waals surface area contributed by atoms with Crippen molar-refractivity contribution in [2.45, 2.75) is 95.1 Å². The molecule has 3 atom stereocenters. The standard InChI is InChI=1S/C36H43ClN2O7S/c1-23(21-45-32-11-16-38-31-8-3-5-24(2)33(31)32)17-27-19-26-10-9-25(22-46-47(42,43)44)18-30(26)35(27)12-14-36(15-13-35,34(40)41)39-29-7-4-6-28(37)20-29/h4,6-7,9-11,16,18,20,23-24,27,39H,3,5,8,12-15,17,19,21-22H2,1-2H3,(H,40,41)(H,42,43,44)/t23-,24-,27+,35?,36?/m1/s1. The normalized spacial score (nSPS) is 26.0. The van der Waals surface area contributed by atoms with Crippen molar-refractivity contribution in [1.29, 1.82) is 0 Å². The van der Waals surface area contributed by atoms with E-state index in [0.29, 0.717) is 54.5 Å². The van der Waals surface area contributed by atoms with E-state index in [-0.39, 0.29) is 23.9 Å². The van der Waals surface area contributed by atoms with Crippen LogP contribution in [0.1, 0.15) is 92.7 Å². The van der Waals surface area contributed by atoms with Gasteiger partial charge >= 0.3 is 16.4 Å². The van der Waals surface area contributed by atoms with Gasteiger partial charge in [-0.05, 0) is 122 Å². The van der Waals surface area contributed by atoms with Crippen LogP contribution < -0.4 is 10.1 Å². The van der Waals surface area contributed by atoms with Crippen LogP contribution in [0.2, 0.25) is 5.02 Å². The molecule has 3 aromatic rings. The minimum Gasteiger partial charge on any atom is -0.493 e. The van der Waals surface area contributed by atoms with Crippen LogP contribution in [0.15, 0.2) is 54.7 Å². The lowest BCUT2D eigenvalue weighted by Crippen LogP contribution is -2.53. The number of nitrogens with zero attached hydrogens (tertiary/aromatic N) is 1. The number of aliphatic carboxylic acids is 1. The van der Waals surface area contributed by atoms with Crippen LogP contribution in [-0.4, -0.2) is 41.2 Å². The Bertz CT molecular complexity index is 1740. The Morgan fingerprint density at radius 1 is 1.15 bits per heavy atom. The molecule has 0 amide bonds. The Hall–Kier alpha value is -3.18. The number of hydrogen-bond donors (Lipinski definition) is 3. The molecule has 0 radical (unpaired) electrons. The molecule has 1 fully saturated rings. The third kappa shape index (κ3) is 7.16. The zero-order valence-corrected chi connectivity index (χ0v) is 28.4. The molecular formula is C36H43ClN2O7S. The van der Waals surface area contributed by atoms with Gasteiger partial charge in [-0.1, -0.05) is 49.7 Å². The number of benzene rings is 2. The second-order valence-corrected chi connectivity index (χ2v) is 15.4. The summed E-state index contributed by atoms with van der Waals surface area (Å²) in [5.74, 6) is 0.915. The van der Waals surface area contributed by atoms with E-state index in [4.69, 9.17) is 20.5 Å². The molecular weight excluding hydrogens is 640 g/mol. The topological polar surface area (TPSA) is 135 Å². The zero-order valence-electron chi connectivity index (χ0n) is 26.9. The summed E-state index contributed by atoms with van der Waals surface area (Å²) in [4.78, 5) is 17.5. The highest BCUT2D eigenvalue weighted by Crippen LogP contribution is 2.56. The number of ether oxygens (including phenoxy) is 1. The smallest absolute Gasteiger partial charge is 0.397 e. The van der Waals surface area contributed by atoms with E-state index >= 15 is 0 Å². The summed E-state index contributed by atoms with van der Waals surface area (Å²) >= 11 is 6.22. The van der Waals surface area contributed by atoms with Crippen molar-refractivity contribution in [2.75, 3.05) is 11.9 Å². The fraction of sp³-hybridized carbons (Fsp3) is 0.500. The Morgan fingerprint density at radius 3 is 2.66 bits per heavy atom. The fourth-order valence-electron chi connectivity index (χ4n) is 8.38. The number of aryl methyl sites for hydroxylation is 1. The van der Waals surface area contributed by atoms with Gasteiger partial charge in [-0.15, -0.1) is 0 Å². The van der Waals surface area contributed by atoms with Gasteiger partial charge in [-0.3, -0.25) is 9.54 Å². The van der Waals surface area contributed by atoms with Crippen LogP contribution in [0.25, 0.3) is 0 Å². The summed E-state index contributed by atoms with van der Waals surface area (Å²) < 4.78 is 43.0. The van der Waals surface area contributed by atoms with Crippen molar-refractivity contribution in [3.05, 3.63) is 87.7 Å². The van der Waals surface area contributed by atoms with E-state index in [0.717, 1.165) is 49.1 Å². The first-order chi connectivity index (χ1) is 22.4. The molecule has 6 rings (SSSR count). The molecule has 3 aliphatic carbocycles. The molecule has 47 heavy (non-hydrogen) atoms. The molecule has 0 aliphatic heterocycles. The average Bonchev–Trinajstić information content (AvgIpc) is 3.31. The van der Waals surface area contributed by atoms with Gasteiger partial charge in [0.2, 0.25) is 0 Å². The molecule has 3 N–H and O–H groups in total. The molecule has 1 saturated carbocycles. The molecule has 2 aromatic carbocycles. The van der Waals surface area contributed by atoms with Gasteiger partial charge in [0.25, 0.3) is 0 Å². The van der Waals surface area contributed by atoms with Crippen LogP contribution in [0.5, 0.6) is 5.75 Å². The number of carboxylic acid groups (broad SMARTS) is 1. The highest BCUT2D eigenvalue weighted by Gasteiger charge is 2.54. The number of rotatable bonds is 11. The molecule has 1 aromatic heterocycles. The molecule has 1 spiro atoms. The van der Waals surface area contributed by atoms with Gasteiger partial charge < -0.3 is 15.2 Å². The highest BCUT2D eigenvalue weighted by atomic mass is 35.5. The lowest BCUT2D eigenvalue weighted by molar-refractivity contribution is -0.144. The van der Waals surface area contributed by atoms with Crippen LogP contribution in [0, 0.1) is 11.8 Å². The van der Waals surface area contributed by atoms with E-state index in [2.05, 4.69) is 24.1 Å². The summed E-state index contributed by atoms with van der Waals surface area (Å²) in [7, 11) is -4.59. The highest BCUT2D eigenvalue weighted by molar-refractivity contribution is 7.80. The predicted octanol–water partition coefficient (Wildman–Crippen LogP) is 7.52. The van der Waals surface area contributed by atoms with Gasteiger partial charge in [0.15, 0.2) is 0 Å². The molecule has 252 valence electrons. The largest absolute Gasteiger partial charge is 0.493 e. The van der Waals surface area contributed by atoms with E-state index < -0.39 is 21.9 Å². The Labute approximate surface area is 282 Å². The number of halogens is 1.